The van der Waals surface area contributed by atoms with Crippen LogP contribution < -0.4 is 0 Å². The van der Waals surface area contributed by atoms with Gasteiger partial charge in [-0.05, 0) is 151 Å². The second-order valence-electron chi connectivity index (χ2n) is 16.6. The van der Waals surface area contributed by atoms with Gasteiger partial charge in [-0.2, -0.15) is 0 Å². The Morgan fingerprint density at radius 1 is 0.279 bits per heavy atom. The molecule has 0 aliphatic heterocycles. The second-order valence-corrected chi connectivity index (χ2v) is 16.6. The van der Waals surface area contributed by atoms with E-state index in [9.17, 15) is 0 Å². The summed E-state index contributed by atoms with van der Waals surface area (Å²) in [6.45, 7) is 6.48. The van der Waals surface area contributed by atoms with Crippen LogP contribution in [0.3, 0.4) is 0 Å². The minimum Gasteiger partial charge on any atom is -0.0620 e. The molecule has 0 saturated heterocycles. The molecule has 10 aromatic carbocycles. The molecule has 0 heteroatoms. The molecule has 0 aromatic heterocycles. The average Bonchev–Trinajstić information content (AvgIpc) is 3.88. The van der Waals surface area contributed by atoms with E-state index in [4.69, 9.17) is 0 Å². The van der Waals surface area contributed by atoms with Crippen molar-refractivity contribution < 1.29 is 0 Å². The second kappa shape index (κ2) is 16.4. The van der Waals surface area contributed by atoms with E-state index in [1.54, 1.807) is 0 Å². The summed E-state index contributed by atoms with van der Waals surface area (Å²) in [4.78, 5) is 0. The van der Waals surface area contributed by atoms with E-state index < -0.39 is 0 Å². The van der Waals surface area contributed by atoms with Crippen LogP contribution in [0.4, 0.5) is 0 Å². The van der Waals surface area contributed by atoms with Gasteiger partial charge in [-0.25, -0.2) is 0 Å². The Labute approximate surface area is 360 Å². The van der Waals surface area contributed by atoms with Crippen LogP contribution in [-0.4, -0.2) is 0 Å². The lowest BCUT2D eigenvalue weighted by Gasteiger charge is -2.12. The first-order valence-electron chi connectivity index (χ1n) is 21.5. The Hall–Kier alpha value is -7.28. The molecule has 0 atom stereocenters. The smallest absolute Gasteiger partial charge is 0.00132 e. The summed E-state index contributed by atoms with van der Waals surface area (Å²) in [5.74, 6) is 0. The molecule has 0 unspecified atom stereocenters. The number of fused-ring (bicyclic) bond motifs is 9. The first-order valence-corrected chi connectivity index (χ1v) is 21.5. The van der Waals surface area contributed by atoms with E-state index in [0.29, 0.717) is 0 Å². The maximum absolute atomic E-state index is 2.34. The molecule has 12 rings (SSSR count). The monoisotopic (exact) mass is 780 g/mol. The molecule has 2 aliphatic rings. The van der Waals surface area contributed by atoms with Crippen molar-refractivity contribution in [1.82, 2.24) is 0 Å². The van der Waals surface area contributed by atoms with Gasteiger partial charge >= 0.3 is 0 Å². The van der Waals surface area contributed by atoms with Gasteiger partial charge in [-0.1, -0.05) is 211 Å². The molecule has 0 radical (unpaired) electrons. The summed E-state index contributed by atoms with van der Waals surface area (Å²) in [6.07, 6.45) is 2.13. The molecule has 2 aliphatic carbocycles. The summed E-state index contributed by atoms with van der Waals surface area (Å²) in [7, 11) is 0. The molecule has 0 bridgehead atoms. The van der Waals surface area contributed by atoms with Crippen molar-refractivity contribution in [3.8, 4) is 55.6 Å². The summed E-state index contributed by atoms with van der Waals surface area (Å²) < 4.78 is 0. The number of rotatable bonds is 3. The molecule has 0 heterocycles. The lowest BCUT2D eigenvalue weighted by Crippen LogP contribution is -1.86. The minimum absolute atomic E-state index is 1.06. The van der Waals surface area contributed by atoms with Crippen molar-refractivity contribution in [3.05, 3.63) is 251 Å². The first-order chi connectivity index (χ1) is 30.0. The molecule has 0 N–H and O–H groups in total. The molecule has 0 nitrogen and oxygen atoms in total. The van der Waals surface area contributed by atoms with Crippen LogP contribution in [0.15, 0.2) is 212 Å². The Kier molecular flexibility index (Phi) is 10.2. The number of hydrogen-bond acceptors (Lipinski definition) is 0. The zero-order valence-corrected chi connectivity index (χ0v) is 35.1. The third-order valence-corrected chi connectivity index (χ3v) is 12.5. The SMILES string of the molecule is Cc1cccc(-c2ccc3c(c2)-c2ccccc2C3)c1.Cc1cccc(-c2cccc3c2-c2ccccc2C3)c1.Cc1ccccc1-c1cc2ccccc2c2ccccc12. The standard InChI is InChI=1S/C21H16.2C20H16/c1-15-8-2-4-10-17(15)21-14-16-9-3-5-11-18(16)19-12-6-7-13-20(19)21;1-14-6-4-8-15(12-14)19-11-5-9-17-13-16-7-2-3-10-18(16)20(17)19;1-14-5-4-7-15(11-14)16-9-10-18-12-17-6-2-3-8-19(17)20(18)13-16/h2-14H,1H3;2-12H,13H2,1H3;2-11,13H,12H2,1H3. The maximum atomic E-state index is 2.34. The van der Waals surface area contributed by atoms with E-state index in [1.807, 2.05) is 0 Å². The highest BCUT2D eigenvalue weighted by atomic mass is 14.3. The van der Waals surface area contributed by atoms with Crippen LogP contribution in [-0.2, 0) is 12.8 Å². The van der Waals surface area contributed by atoms with Crippen molar-refractivity contribution in [2.24, 2.45) is 0 Å². The van der Waals surface area contributed by atoms with E-state index in [0.717, 1.165) is 12.8 Å². The van der Waals surface area contributed by atoms with Crippen molar-refractivity contribution in [2.75, 3.05) is 0 Å². The normalized spacial score (nSPS) is 11.7. The van der Waals surface area contributed by atoms with Gasteiger partial charge in [0.05, 0.1) is 0 Å². The van der Waals surface area contributed by atoms with Gasteiger partial charge in [-0.3, -0.25) is 0 Å². The fourth-order valence-corrected chi connectivity index (χ4v) is 9.52. The van der Waals surface area contributed by atoms with Gasteiger partial charge < -0.3 is 0 Å². The minimum atomic E-state index is 1.06. The zero-order chi connectivity index (χ0) is 41.3. The molecular formula is C61H48. The van der Waals surface area contributed by atoms with Crippen LogP contribution in [0.5, 0.6) is 0 Å². The predicted octanol–water partition coefficient (Wildman–Crippen LogP) is 16.4. The molecule has 0 fully saturated rings. The topological polar surface area (TPSA) is 0 Å². The van der Waals surface area contributed by atoms with Crippen LogP contribution >= 0.6 is 0 Å². The highest BCUT2D eigenvalue weighted by Gasteiger charge is 2.21. The van der Waals surface area contributed by atoms with Crippen LogP contribution in [0, 0.1) is 20.8 Å². The van der Waals surface area contributed by atoms with E-state index in [1.165, 1.54) is 116 Å². The quantitative estimate of drug-likeness (QED) is 0.157. The van der Waals surface area contributed by atoms with Crippen molar-refractivity contribution in [1.29, 1.82) is 0 Å². The van der Waals surface area contributed by atoms with Gasteiger partial charge in [0.15, 0.2) is 0 Å². The zero-order valence-electron chi connectivity index (χ0n) is 35.1. The molecule has 292 valence electrons. The van der Waals surface area contributed by atoms with Gasteiger partial charge in [-0.15, -0.1) is 0 Å². The summed E-state index contributed by atoms with van der Waals surface area (Å²) >= 11 is 0. The lowest BCUT2D eigenvalue weighted by molar-refractivity contribution is 1.26. The van der Waals surface area contributed by atoms with Gasteiger partial charge in [0.2, 0.25) is 0 Å². The van der Waals surface area contributed by atoms with Crippen molar-refractivity contribution in [2.45, 2.75) is 33.6 Å². The Morgan fingerprint density at radius 3 is 1.57 bits per heavy atom. The molecule has 0 spiro atoms. The molecular weight excluding hydrogens is 733 g/mol. The molecule has 61 heavy (non-hydrogen) atoms. The summed E-state index contributed by atoms with van der Waals surface area (Å²) in [5.41, 5.74) is 23.3. The fraction of sp³-hybridized carbons (Fsp3) is 0.0820. The Bertz CT molecular complexity index is 3230. The lowest BCUT2D eigenvalue weighted by atomic mass is 9.91. The van der Waals surface area contributed by atoms with Crippen molar-refractivity contribution in [3.63, 3.8) is 0 Å². The van der Waals surface area contributed by atoms with Gasteiger partial charge in [0.25, 0.3) is 0 Å². The molecule has 10 aromatic rings. The van der Waals surface area contributed by atoms with Crippen LogP contribution in [0.2, 0.25) is 0 Å². The first kappa shape index (κ1) is 38.0. The van der Waals surface area contributed by atoms with Gasteiger partial charge in [0.1, 0.15) is 0 Å². The summed E-state index contributed by atoms with van der Waals surface area (Å²) in [6, 6.07) is 76.8. The number of hydrogen-bond donors (Lipinski definition) is 0. The maximum Gasteiger partial charge on any atom is -0.00132 e. The Morgan fingerprint density at radius 2 is 0.803 bits per heavy atom. The van der Waals surface area contributed by atoms with Gasteiger partial charge in [0, 0.05) is 0 Å². The fourth-order valence-electron chi connectivity index (χ4n) is 9.52. The largest absolute Gasteiger partial charge is 0.0620 e. The van der Waals surface area contributed by atoms with E-state index in [-0.39, 0.29) is 0 Å². The average molecular weight is 781 g/mol. The number of aryl methyl sites for hydroxylation is 3. The Balaban J connectivity index is 0.000000110. The van der Waals surface area contributed by atoms with E-state index >= 15 is 0 Å². The third-order valence-electron chi connectivity index (χ3n) is 12.5. The highest BCUT2D eigenvalue weighted by Crippen LogP contribution is 2.43. The van der Waals surface area contributed by atoms with Crippen LogP contribution in [0.25, 0.3) is 77.2 Å². The third kappa shape index (κ3) is 7.47. The molecule has 0 amide bonds. The molecule has 0 saturated carbocycles. The van der Waals surface area contributed by atoms with Crippen LogP contribution in [0.1, 0.15) is 38.9 Å². The highest BCUT2D eigenvalue weighted by molar-refractivity contribution is 6.14. The van der Waals surface area contributed by atoms with E-state index in [2.05, 4.69) is 233 Å². The number of benzene rings is 10. The summed E-state index contributed by atoms with van der Waals surface area (Å²) in [5, 5.41) is 5.28. The van der Waals surface area contributed by atoms with Crippen molar-refractivity contribution >= 4 is 21.5 Å². The predicted molar refractivity (Wildman–Crippen MR) is 261 cm³/mol.